The average molecular weight is 243 g/mol. The lowest BCUT2D eigenvalue weighted by molar-refractivity contribution is 0.174. The lowest BCUT2D eigenvalue weighted by atomic mass is 9.81. The Kier molecular flexibility index (Phi) is 3.82. The molecule has 4 nitrogen and oxygen atoms in total. The molecule has 0 radical (unpaired) electrons. The van der Waals surface area contributed by atoms with Crippen molar-refractivity contribution in [3.8, 4) is 0 Å². The largest absolute Gasteiger partial charge is 0.396 e. The monoisotopic (exact) mass is 243 g/mol. The van der Waals surface area contributed by atoms with Crippen LogP contribution in [0.15, 0.2) is 15.4 Å². The van der Waals surface area contributed by atoms with Gasteiger partial charge < -0.3 is 9.63 Å². The molecule has 1 saturated carbocycles. The van der Waals surface area contributed by atoms with Gasteiger partial charge in [-0.3, -0.25) is 4.79 Å². The van der Waals surface area contributed by atoms with Crippen molar-refractivity contribution in [3.05, 3.63) is 22.2 Å². The molecule has 16 heavy (non-hydrogen) atoms. The Morgan fingerprint density at radius 3 is 2.69 bits per heavy atom. The normalized spacial score (nSPS) is 26.6. The van der Waals surface area contributed by atoms with Crippen molar-refractivity contribution in [3.63, 3.8) is 0 Å². The summed E-state index contributed by atoms with van der Waals surface area (Å²) in [7, 11) is 0.357. The Bertz CT molecular complexity index is 390. The highest BCUT2D eigenvalue weighted by molar-refractivity contribution is 7.34. The molecular weight excluding hydrogens is 225 g/mol. The summed E-state index contributed by atoms with van der Waals surface area (Å²) in [4.78, 5) is 11.5. The molecule has 0 bridgehead atoms. The Labute approximate surface area is 96.4 Å². The van der Waals surface area contributed by atoms with Crippen LogP contribution in [0.2, 0.25) is 0 Å². The fraction of sp³-hybridized carbons (Fsp3) is 0.727. The van der Waals surface area contributed by atoms with Gasteiger partial charge in [0.1, 0.15) is 5.76 Å². The first-order chi connectivity index (χ1) is 7.74. The SMILES string of the molecule is CPn1oc(C2CCC(CO)CC2)cc1=O. The van der Waals surface area contributed by atoms with Gasteiger partial charge in [0.25, 0.3) is 5.56 Å². The van der Waals surface area contributed by atoms with E-state index in [-0.39, 0.29) is 12.2 Å². The lowest BCUT2D eigenvalue weighted by Crippen LogP contribution is -2.15. The molecule has 2 rings (SSSR count). The molecule has 0 spiro atoms. The molecule has 1 aromatic rings. The molecule has 0 aromatic carbocycles. The van der Waals surface area contributed by atoms with Gasteiger partial charge in [-0.15, -0.1) is 0 Å². The van der Waals surface area contributed by atoms with E-state index in [1.165, 1.54) is 4.51 Å². The topological polar surface area (TPSA) is 55.4 Å². The fourth-order valence-electron chi connectivity index (χ4n) is 2.33. The molecule has 1 aliphatic carbocycles. The van der Waals surface area contributed by atoms with Crippen molar-refractivity contribution in [1.29, 1.82) is 0 Å². The number of hydrogen-bond acceptors (Lipinski definition) is 3. The van der Waals surface area contributed by atoms with Crippen LogP contribution in [0.1, 0.15) is 37.4 Å². The summed E-state index contributed by atoms with van der Waals surface area (Å²) >= 11 is 0. The number of aliphatic hydroxyl groups excluding tert-OH is 1. The van der Waals surface area contributed by atoms with E-state index in [0.717, 1.165) is 31.4 Å². The van der Waals surface area contributed by atoms with Gasteiger partial charge in [-0.25, -0.2) is 0 Å². The molecule has 1 fully saturated rings. The molecule has 90 valence electrons. The van der Waals surface area contributed by atoms with E-state index in [1.54, 1.807) is 6.07 Å². The van der Waals surface area contributed by atoms with Crippen molar-refractivity contribution in [2.45, 2.75) is 31.6 Å². The Morgan fingerprint density at radius 1 is 1.50 bits per heavy atom. The molecule has 5 heteroatoms. The number of rotatable bonds is 3. The quantitative estimate of drug-likeness (QED) is 0.823. The van der Waals surface area contributed by atoms with Gasteiger partial charge in [0.15, 0.2) is 0 Å². The third-order valence-electron chi connectivity index (χ3n) is 3.37. The van der Waals surface area contributed by atoms with E-state index in [2.05, 4.69) is 0 Å². The minimum Gasteiger partial charge on any atom is -0.396 e. The van der Waals surface area contributed by atoms with Crippen LogP contribution in [0.5, 0.6) is 0 Å². The van der Waals surface area contributed by atoms with Crippen LogP contribution in [0.25, 0.3) is 0 Å². The van der Waals surface area contributed by atoms with E-state index in [1.807, 2.05) is 6.66 Å². The molecule has 1 unspecified atom stereocenters. The zero-order valence-electron chi connectivity index (χ0n) is 9.48. The molecule has 1 heterocycles. The first-order valence-corrected chi connectivity index (χ1v) is 7.21. The molecule has 1 atom stereocenters. The van der Waals surface area contributed by atoms with Crippen molar-refractivity contribution in [2.24, 2.45) is 5.92 Å². The highest BCUT2D eigenvalue weighted by atomic mass is 31.1. The van der Waals surface area contributed by atoms with Crippen LogP contribution in [0.3, 0.4) is 0 Å². The Balaban J connectivity index is 2.05. The van der Waals surface area contributed by atoms with Crippen molar-refractivity contribution < 1.29 is 9.63 Å². The maximum absolute atomic E-state index is 11.5. The van der Waals surface area contributed by atoms with Crippen molar-refractivity contribution >= 4 is 8.73 Å². The first kappa shape index (κ1) is 11.9. The van der Waals surface area contributed by atoms with Gasteiger partial charge in [0, 0.05) is 27.3 Å². The van der Waals surface area contributed by atoms with Crippen LogP contribution in [0.4, 0.5) is 0 Å². The predicted octanol–water partition coefficient (Wildman–Crippen LogP) is 1.78. The third-order valence-corrected chi connectivity index (χ3v) is 4.09. The average Bonchev–Trinajstić information content (AvgIpc) is 2.71. The molecule has 1 aromatic heterocycles. The first-order valence-electron chi connectivity index (χ1n) is 5.76. The smallest absolute Gasteiger partial charge is 0.285 e. The van der Waals surface area contributed by atoms with Gasteiger partial charge in [0.05, 0.1) is 0 Å². The summed E-state index contributed by atoms with van der Waals surface area (Å²) in [6.45, 7) is 2.21. The van der Waals surface area contributed by atoms with Gasteiger partial charge in [-0.1, -0.05) is 0 Å². The minimum atomic E-state index is -0.0277. The lowest BCUT2D eigenvalue weighted by Gasteiger charge is -2.25. The van der Waals surface area contributed by atoms with Gasteiger partial charge in [-0.2, -0.15) is 4.51 Å². The standard InChI is InChI=1S/C11H18NO3P/c1-16-12-11(14)6-10(15-12)9-4-2-8(7-13)3-5-9/h6,8-9,13,16H,2-5,7H2,1H3. The summed E-state index contributed by atoms with van der Waals surface area (Å²) in [6.07, 6.45) is 4.10. The van der Waals surface area contributed by atoms with E-state index < -0.39 is 0 Å². The van der Waals surface area contributed by atoms with Gasteiger partial charge >= 0.3 is 0 Å². The number of nitrogens with zero attached hydrogens (tertiary/aromatic N) is 1. The molecule has 1 N–H and O–H groups in total. The molecule has 0 saturated heterocycles. The minimum absolute atomic E-state index is 0.0277. The summed E-state index contributed by atoms with van der Waals surface area (Å²) in [5.74, 6) is 1.64. The van der Waals surface area contributed by atoms with Crippen molar-refractivity contribution in [2.75, 3.05) is 13.3 Å². The summed E-state index contributed by atoms with van der Waals surface area (Å²) in [6, 6.07) is 1.63. The van der Waals surface area contributed by atoms with Crippen LogP contribution < -0.4 is 5.56 Å². The van der Waals surface area contributed by atoms with E-state index in [0.29, 0.717) is 20.6 Å². The Morgan fingerprint density at radius 2 is 2.19 bits per heavy atom. The summed E-state index contributed by atoms with van der Waals surface area (Å²) in [5, 5.41) is 9.06. The van der Waals surface area contributed by atoms with E-state index in [9.17, 15) is 4.79 Å². The summed E-state index contributed by atoms with van der Waals surface area (Å²) in [5.41, 5.74) is -0.0277. The van der Waals surface area contributed by atoms with E-state index in [4.69, 9.17) is 9.63 Å². The van der Waals surface area contributed by atoms with E-state index >= 15 is 0 Å². The third kappa shape index (κ3) is 2.38. The molecule has 0 aliphatic heterocycles. The zero-order chi connectivity index (χ0) is 11.5. The van der Waals surface area contributed by atoms with Crippen molar-refractivity contribution in [1.82, 2.24) is 4.51 Å². The fourth-order valence-corrected chi connectivity index (χ4v) is 2.82. The van der Waals surface area contributed by atoms with Crippen LogP contribution >= 0.6 is 8.73 Å². The molecular formula is C11H18NO3P. The highest BCUT2D eigenvalue weighted by Gasteiger charge is 2.25. The van der Waals surface area contributed by atoms with Crippen LogP contribution in [-0.4, -0.2) is 22.9 Å². The van der Waals surface area contributed by atoms with Gasteiger partial charge in [-0.05, 0) is 38.3 Å². The summed E-state index contributed by atoms with van der Waals surface area (Å²) < 4.78 is 6.95. The maximum atomic E-state index is 11.5. The van der Waals surface area contributed by atoms with Crippen LogP contribution in [0, 0.1) is 5.92 Å². The van der Waals surface area contributed by atoms with Crippen LogP contribution in [-0.2, 0) is 0 Å². The highest BCUT2D eigenvalue weighted by Crippen LogP contribution is 2.35. The number of aliphatic hydroxyl groups is 1. The maximum Gasteiger partial charge on any atom is 0.285 e. The molecule has 0 amide bonds. The second kappa shape index (κ2) is 5.15. The second-order valence-corrected chi connectivity index (χ2v) is 5.25. The zero-order valence-corrected chi connectivity index (χ0v) is 10.5. The predicted molar refractivity (Wildman–Crippen MR) is 64.4 cm³/mol. The Hall–Kier alpha value is -0.600. The molecule has 1 aliphatic rings. The number of hydrogen-bond donors (Lipinski definition) is 1. The second-order valence-electron chi connectivity index (χ2n) is 4.39. The number of aromatic nitrogens is 1. The van der Waals surface area contributed by atoms with Gasteiger partial charge in [0.2, 0.25) is 0 Å².